The van der Waals surface area contributed by atoms with Gasteiger partial charge in [0.1, 0.15) is 16.3 Å². The molecule has 2 rings (SSSR count). The Kier molecular flexibility index (Phi) is 6.21. The number of sulfonamides is 1. The number of amides is 1. The summed E-state index contributed by atoms with van der Waals surface area (Å²) in [5.41, 5.74) is 0.660. The van der Waals surface area contributed by atoms with Crippen molar-refractivity contribution in [1.29, 1.82) is 0 Å². The first-order valence-corrected chi connectivity index (χ1v) is 9.62. The van der Waals surface area contributed by atoms with Gasteiger partial charge in [0.05, 0.1) is 11.8 Å². The van der Waals surface area contributed by atoms with E-state index in [1.807, 2.05) is 19.0 Å². The maximum Gasteiger partial charge on any atom is 0.257 e. The van der Waals surface area contributed by atoms with Gasteiger partial charge >= 0.3 is 0 Å². The van der Waals surface area contributed by atoms with Crippen molar-refractivity contribution in [3.05, 3.63) is 23.6 Å². The summed E-state index contributed by atoms with van der Waals surface area (Å²) in [6, 6.07) is 1.41. The molecule has 0 saturated carbocycles. The maximum atomic E-state index is 12.5. The van der Waals surface area contributed by atoms with Crippen molar-refractivity contribution in [1.82, 2.24) is 24.7 Å². The third kappa shape index (κ3) is 4.51. The summed E-state index contributed by atoms with van der Waals surface area (Å²) < 4.78 is 33.2. The topological polar surface area (TPSA) is 112 Å². The van der Waals surface area contributed by atoms with Crippen molar-refractivity contribution in [2.45, 2.75) is 18.2 Å². The number of H-pyrrole nitrogens is 1. The minimum Gasteiger partial charge on any atom is -0.458 e. The molecule has 0 unspecified atom stereocenters. The third-order valence-electron chi connectivity index (χ3n) is 3.76. The molecule has 2 heterocycles. The molecule has 2 aromatic rings. The average Bonchev–Trinajstić information content (AvgIpc) is 3.17. The Bertz CT molecular complexity index is 867. The van der Waals surface area contributed by atoms with Crippen LogP contribution in [-0.4, -0.2) is 75.6 Å². The van der Waals surface area contributed by atoms with Gasteiger partial charge in [-0.1, -0.05) is 0 Å². The first-order chi connectivity index (χ1) is 12.1. The molecule has 0 aliphatic heterocycles. The lowest BCUT2D eigenvalue weighted by molar-refractivity contribution is 0.0828. The molecule has 0 fully saturated rings. The Morgan fingerprint density at radius 3 is 2.62 bits per heavy atom. The Morgan fingerprint density at radius 2 is 2.00 bits per heavy atom. The maximum absolute atomic E-state index is 12.5. The van der Waals surface area contributed by atoms with Crippen LogP contribution in [-0.2, 0) is 10.0 Å². The largest absolute Gasteiger partial charge is 0.458 e. The summed E-state index contributed by atoms with van der Waals surface area (Å²) in [6.07, 6.45) is 2.08. The SMILES string of the molecule is Cc1oc(-c2[nH]ncc2C(=O)N(C)C)cc1S(=O)(=O)NCCCN(C)C. The standard InChI is InChI=1S/C16H25N5O4S/c1-11-14(26(23,24)18-7-6-8-20(2)3)9-13(25-11)15-12(10-17-19-15)16(22)21(4)5/h9-10,18H,6-8H2,1-5H3,(H,17,19). The van der Waals surface area contributed by atoms with E-state index >= 15 is 0 Å². The zero-order valence-corrected chi connectivity index (χ0v) is 16.5. The van der Waals surface area contributed by atoms with Crippen LogP contribution < -0.4 is 4.72 Å². The van der Waals surface area contributed by atoms with Gasteiger partial charge in [0.25, 0.3) is 5.91 Å². The van der Waals surface area contributed by atoms with Crippen molar-refractivity contribution in [2.75, 3.05) is 41.3 Å². The van der Waals surface area contributed by atoms with Gasteiger partial charge in [0.2, 0.25) is 10.0 Å². The van der Waals surface area contributed by atoms with Crippen LogP contribution in [0.4, 0.5) is 0 Å². The van der Waals surface area contributed by atoms with E-state index in [0.717, 1.165) is 6.54 Å². The average molecular weight is 383 g/mol. The van der Waals surface area contributed by atoms with Crippen molar-refractivity contribution >= 4 is 15.9 Å². The predicted molar refractivity (Wildman–Crippen MR) is 97.4 cm³/mol. The molecule has 0 atom stereocenters. The number of furan rings is 1. The number of carbonyl (C=O) groups excluding carboxylic acids is 1. The minimum absolute atomic E-state index is 0.0511. The van der Waals surface area contributed by atoms with Crippen molar-refractivity contribution in [2.24, 2.45) is 0 Å². The Morgan fingerprint density at radius 1 is 1.31 bits per heavy atom. The number of aromatic nitrogens is 2. The van der Waals surface area contributed by atoms with Gasteiger partial charge in [0, 0.05) is 26.7 Å². The van der Waals surface area contributed by atoms with Crippen LogP contribution >= 0.6 is 0 Å². The molecule has 0 aromatic carbocycles. The van der Waals surface area contributed by atoms with Crippen molar-refractivity contribution in [3.63, 3.8) is 0 Å². The first kappa shape index (κ1) is 20.1. The van der Waals surface area contributed by atoms with Crippen LogP contribution in [0.2, 0.25) is 0 Å². The van der Waals surface area contributed by atoms with E-state index in [1.54, 1.807) is 21.0 Å². The lowest BCUT2D eigenvalue weighted by Crippen LogP contribution is -2.27. The molecular weight excluding hydrogens is 358 g/mol. The van der Waals surface area contributed by atoms with Crippen molar-refractivity contribution < 1.29 is 17.6 Å². The molecule has 10 heteroatoms. The zero-order valence-electron chi connectivity index (χ0n) is 15.7. The second-order valence-corrected chi connectivity index (χ2v) is 8.18. The Labute approximate surface area is 153 Å². The molecule has 26 heavy (non-hydrogen) atoms. The minimum atomic E-state index is -3.70. The molecular formula is C16H25N5O4S. The summed E-state index contributed by atoms with van der Waals surface area (Å²) in [6.45, 7) is 2.68. The molecule has 0 bridgehead atoms. The molecule has 0 aliphatic carbocycles. The highest BCUT2D eigenvalue weighted by Crippen LogP contribution is 2.29. The van der Waals surface area contributed by atoms with Gasteiger partial charge in [-0.05, 0) is 34.0 Å². The number of carbonyl (C=O) groups is 1. The number of hydrogen-bond acceptors (Lipinski definition) is 6. The molecule has 0 saturated heterocycles. The molecule has 1 amide bonds. The molecule has 9 nitrogen and oxygen atoms in total. The third-order valence-corrected chi connectivity index (χ3v) is 5.33. The van der Waals surface area contributed by atoms with Gasteiger partial charge in [-0.3, -0.25) is 9.89 Å². The highest BCUT2D eigenvalue weighted by atomic mass is 32.2. The molecule has 0 radical (unpaired) electrons. The van der Waals surface area contributed by atoms with Gasteiger partial charge < -0.3 is 14.2 Å². The summed E-state index contributed by atoms with van der Waals surface area (Å²) in [7, 11) is 3.41. The fourth-order valence-corrected chi connectivity index (χ4v) is 3.66. The van der Waals surface area contributed by atoms with Gasteiger partial charge in [-0.15, -0.1) is 0 Å². The summed E-state index contributed by atoms with van der Waals surface area (Å²) in [5.74, 6) is 0.242. The van der Waals surface area contributed by atoms with E-state index in [0.29, 0.717) is 24.2 Å². The van der Waals surface area contributed by atoms with E-state index in [2.05, 4.69) is 14.9 Å². The molecule has 2 aromatic heterocycles. The Hall–Kier alpha value is -2.17. The number of nitrogens with zero attached hydrogens (tertiary/aromatic N) is 3. The highest BCUT2D eigenvalue weighted by molar-refractivity contribution is 7.89. The summed E-state index contributed by atoms with van der Waals surface area (Å²) >= 11 is 0. The Balaban J connectivity index is 2.24. The molecule has 144 valence electrons. The van der Waals surface area contributed by atoms with Gasteiger partial charge in [-0.25, -0.2) is 13.1 Å². The second-order valence-electron chi connectivity index (χ2n) is 6.44. The van der Waals surface area contributed by atoms with Crippen LogP contribution in [0.1, 0.15) is 22.5 Å². The van der Waals surface area contributed by atoms with E-state index in [1.165, 1.54) is 17.2 Å². The number of aromatic amines is 1. The first-order valence-electron chi connectivity index (χ1n) is 8.13. The monoisotopic (exact) mass is 383 g/mol. The lowest BCUT2D eigenvalue weighted by Gasteiger charge is -2.09. The normalized spacial score (nSPS) is 11.9. The fraction of sp³-hybridized carbons (Fsp3) is 0.500. The van der Waals surface area contributed by atoms with Crippen LogP contribution in [0.15, 0.2) is 21.6 Å². The van der Waals surface area contributed by atoms with Gasteiger partial charge in [0.15, 0.2) is 5.76 Å². The van der Waals surface area contributed by atoms with Crippen molar-refractivity contribution in [3.8, 4) is 11.5 Å². The number of nitrogens with one attached hydrogen (secondary N) is 2. The highest BCUT2D eigenvalue weighted by Gasteiger charge is 2.25. The van der Waals surface area contributed by atoms with Crippen LogP contribution in [0, 0.1) is 6.92 Å². The van der Waals surface area contributed by atoms with Crippen LogP contribution in [0.3, 0.4) is 0 Å². The number of aryl methyl sites for hydroxylation is 1. The molecule has 0 aliphatic rings. The zero-order chi connectivity index (χ0) is 19.5. The van der Waals surface area contributed by atoms with Crippen LogP contribution in [0.5, 0.6) is 0 Å². The van der Waals surface area contributed by atoms with E-state index < -0.39 is 10.0 Å². The fourth-order valence-electron chi connectivity index (χ4n) is 2.41. The summed E-state index contributed by atoms with van der Waals surface area (Å²) in [5, 5.41) is 6.58. The van der Waals surface area contributed by atoms with E-state index in [9.17, 15) is 13.2 Å². The predicted octanol–water partition coefficient (Wildman–Crippen LogP) is 0.910. The van der Waals surface area contributed by atoms with E-state index in [-0.39, 0.29) is 22.3 Å². The lowest BCUT2D eigenvalue weighted by atomic mass is 10.2. The second kappa shape index (κ2) is 8.02. The quantitative estimate of drug-likeness (QED) is 0.656. The van der Waals surface area contributed by atoms with Crippen LogP contribution in [0.25, 0.3) is 11.5 Å². The molecule has 2 N–H and O–H groups in total. The number of rotatable bonds is 8. The van der Waals surface area contributed by atoms with E-state index in [4.69, 9.17) is 4.42 Å². The number of hydrogen-bond donors (Lipinski definition) is 2. The molecule has 0 spiro atoms. The van der Waals surface area contributed by atoms with Gasteiger partial charge in [-0.2, -0.15) is 5.10 Å². The smallest absolute Gasteiger partial charge is 0.257 e. The summed E-state index contributed by atoms with van der Waals surface area (Å²) in [4.78, 5) is 15.7.